The van der Waals surface area contributed by atoms with Crippen LogP contribution in [0.4, 0.5) is 0 Å². The molecule has 28 heavy (non-hydrogen) atoms. The van der Waals surface area contributed by atoms with E-state index in [1.165, 1.54) is 0 Å². The largest absolute Gasteiger partial charge is 0.341 e. The van der Waals surface area contributed by atoms with Crippen molar-refractivity contribution in [1.29, 1.82) is 5.26 Å². The molecule has 1 heterocycles. The topological polar surface area (TPSA) is 64.4 Å². The molecule has 0 aliphatic carbocycles. The minimum Gasteiger partial charge on any atom is -0.341 e. The highest BCUT2D eigenvalue weighted by molar-refractivity contribution is 5.94. The highest BCUT2D eigenvalue weighted by Crippen LogP contribution is 2.18. The van der Waals surface area contributed by atoms with E-state index in [2.05, 4.69) is 6.07 Å². The number of benzene rings is 2. The molecule has 0 radical (unpaired) electrons. The van der Waals surface area contributed by atoms with E-state index in [9.17, 15) is 9.59 Å². The molecule has 1 aliphatic rings. The van der Waals surface area contributed by atoms with Gasteiger partial charge in [0.1, 0.15) is 0 Å². The van der Waals surface area contributed by atoms with Crippen molar-refractivity contribution in [3.05, 3.63) is 70.8 Å². The lowest BCUT2D eigenvalue weighted by Gasteiger charge is -2.23. The molecule has 1 aliphatic heterocycles. The molecule has 0 unspecified atom stereocenters. The summed E-state index contributed by atoms with van der Waals surface area (Å²) < 4.78 is 0. The van der Waals surface area contributed by atoms with Crippen molar-refractivity contribution in [2.24, 2.45) is 0 Å². The van der Waals surface area contributed by atoms with Crippen LogP contribution < -0.4 is 0 Å². The van der Waals surface area contributed by atoms with E-state index in [1.807, 2.05) is 47.4 Å². The van der Waals surface area contributed by atoms with Gasteiger partial charge >= 0.3 is 0 Å². The first-order chi connectivity index (χ1) is 13.5. The maximum absolute atomic E-state index is 12.7. The Morgan fingerprint density at radius 2 is 1.86 bits per heavy atom. The minimum absolute atomic E-state index is 0.0210. The number of likely N-dealkylation sites (tertiary alicyclic amines) is 1. The molecule has 0 aromatic heterocycles. The van der Waals surface area contributed by atoms with Crippen LogP contribution in [0.5, 0.6) is 0 Å². The van der Waals surface area contributed by atoms with E-state index < -0.39 is 0 Å². The van der Waals surface area contributed by atoms with E-state index >= 15 is 0 Å². The van der Waals surface area contributed by atoms with Crippen molar-refractivity contribution < 1.29 is 9.59 Å². The standard InChI is InChI=1S/C23H25N3O2/c1-17(27)25(2)22-12-13-26(16-22)23(28)21-10-8-18(9-11-21)6-7-19-4-3-5-20(14-19)15-24/h3-5,8-11,14,22H,6-7,12-13,16H2,1-2H3/t22-/m0/s1. The smallest absolute Gasteiger partial charge is 0.253 e. The summed E-state index contributed by atoms with van der Waals surface area (Å²) in [6, 6.07) is 17.7. The monoisotopic (exact) mass is 375 g/mol. The van der Waals surface area contributed by atoms with Crippen molar-refractivity contribution in [3.63, 3.8) is 0 Å². The second kappa shape index (κ2) is 8.71. The normalized spacial score (nSPS) is 15.9. The van der Waals surface area contributed by atoms with Gasteiger partial charge in [-0.05, 0) is 54.7 Å². The van der Waals surface area contributed by atoms with Crippen molar-refractivity contribution in [3.8, 4) is 6.07 Å². The molecule has 0 N–H and O–H groups in total. The summed E-state index contributed by atoms with van der Waals surface area (Å²) in [7, 11) is 1.79. The van der Waals surface area contributed by atoms with Crippen molar-refractivity contribution in [2.45, 2.75) is 32.2 Å². The Balaban J connectivity index is 1.57. The molecule has 0 saturated carbocycles. The third kappa shape index (κ3) is 4.58. The van der Waals surface area contributed by atoms with E-state index in [-0.39, 0.29) is 17.9 Å². The van der Waals surface area contributed by atoms with Crippen molar-refractivity contribution >= 4 is 11.8 Å². The SMILES string of the molecule is CC(=O)N(C)[C@H]1CCN(C(=O)c2ccc(CCc3cccc(C#N)c3)cc2)C1. The fourth-order valence-electron chi connectivity index (χ4n) is 3.58. The van der Waals surface area contributed by atoms with E-state index in [0.29, 0.717) is 24.2 Å². The fourth-order valence-corrected chi connectivity index (χ4v) is 3.58. The summed E-state index contributed by atoms with van der Waals surface area (Å²) in [5.74, 6) is 0.0525. The zero-order valence-electron chi connectivity index (χ0n) is 16.4. The van der Waals surface area contributed by atoms with Gasteiger partial charge in [-0.1, -0.05) is 24.3 Å². The van der Waals surface area contributed by atoms with Crippen LogP contribution in [0, 0.1) is 11.3 Å². The second-order valence-corrected chi connectivity index (χ2v) is 7.33. The molecule has 2 aromatic carbocycles. The van der Waals surface area contributed by atoms with Gasteiger partial charge in [-0.3, -0.25) is 9.59 Å². The summed E-state index contributed by atoms with van der Waals surface area (Å²) in [5, 5.41) is 8.99. The first-order valence-corrected chi connectivity index (χ1v) is 9.58. The fraction of sp³-hybridized carbons (Fsp3) is 0.348. The van der Waals surface area contributed by atoms with Crippen LogP contribution in [0.15, 0.2) is 48.5 Å². The van der Waals surface area contributed by atoms with Crippen LogP contribution in [0.3, 0.4) is 0 Å². The molecule has 1 atom stereocenters. The molecule has 3 rings (SSSR count). The van der Waals surface area contributed by atoms with Crippen LogP contribution in [-0.4, -0.2) is 47.8 Å². The van der Waals surface area contributed by atoms with Gasteiger partial charge in [0.15, 0.2) is 0 Å². The number of carbonyl (C=O) groups is 2. The van der Waals surface area contributed by atoms with Gasteiger partial charge in [-0.15, -0.1) is 0 Å². The van der Waals surface area contributed by atoms with Gasteiger partial charge in [0, 0.05) is 32.6 Å². The Morgan fingerprint density at radius 3 is 2.54 bits per heavy atom. The molecular weight excluding hydrogens is 350 g/mol. The number of nitriles is 1. The van der Waals surface area contributed by atoms with Gasteiger partial charge < -0.3 is 9.80 Å². The number of hydrogen-bond donors (Lipinski definition) is 0. The molecule has 2 amide bonds. The number of aryl methyl sites for hydroxylation is 2. The zero-order valence-corrected chi connectivity index (χ0v) is 16.4. The molecule has 144 valence electrons. The summed E-state index contributed by atoms with van der Waals surface area (Å²) in [4.78, 5) is 27.8. The average Bonchev–Trinajstić information content (AvgIpc) is 3.21. The average molecular weight is 375 g/mol. The van der Waals surface area contributed by atoms with Gasteiger partial charge in [0.2, 0.25) is 5.91 Å². The van der Waals surface area contributed by atoms with Crippen molar-refractivity contribution in [1.82, 2.24) is 9.80 Å². The Bertz CT molecular complexity index is 899. The molecule has 2 aromatic rings. The zero-order chi connectivity index (χ0) is 20.1. The van der Waals surface area contributed by atoms with Crippen molar-refractivity contribution in [2.75, 3.05) is 20.1 Å². The first-order valence-electron chi connectivity index (χ1n) is 9.58. The van der Waals surface area contributed by atoms with Gasteiger partial charge in [-0.2, -0.15) is 5.26 Å². The van der Waals surface area contributed by atoms with Gasteiger partial charge in [0.05, 0.1) is 17.7 Å². The predicted octanol–water partition coefficient (Wildman–Crippen LogP) is 3.04. The minimum atomic E-state index is 0.0210. The van der Waals surface area contributed by atoms with Crippen LogP contribution in [0.25, 0.3) is 0 Å². The molecule has 1 fully saturated rings. The number of likely N-dealkylation sites (N-methyl/N-ethyl adjacent to an activating group) is 1. The highest BCUT2D eigenvalue weighted by Gasteiger charge is 2.30. The number of rotatable bonds is 5. The molecule has 5 heteroatoms. The Morgan fingerprint density at radius 1 is 1.14 bits per heavy atom. The Hall–Kier alpha value is -3.13. The second-order valence-electron chi connectivity index (χ2n) is 7.33. The quantitative estimate of drug-likeness (QED) is 0.807. The van der Waals surface area contributed by atoms with Crippen LogP contribution >= 0.6 is 0 Å². The maximum atomic E-state index is 12.7. The summed E-state index contributed by atoms with van der Waals surface area (Å²) in [5.41, 5.74) is 3.66. The number of nitrogens with zero attached hydrogens (tertiary/aromatic N) is 3. The Kier molecular flexibility index (Phi) is 6.10. The number of amides is 2. The third-order valence-corrected chi connectivity index (χ3v) is 5.45. The van der Waals surface area contributed by atoms with E-state index in [4.69, 9.17) is 5.26 Å². The Labute approximate surface area is 166 Å². The van der Waals surface area contributed by atoms with Crippen LogP contribution in [-0.2, 0) is 17.6 Å². The van der Waals surface area contributed by atoms with E-state index in [1.54, 1.807) is 24.9 Å². The molecule has 5 nitrogen and oxygen atoms in total. The lowest BCUT2D eigenvalue weighted by Crippen LogP contribution is -2.38. The first kappa shape index (κ1) is 19.6. The molecular formula is C23H25N3O2. The predicted molar refractivity (Wildman–Crippen MR) is 108 cm³/mol. The maximum Gasteiger partial charge on any atom is 0.253 e. The third-order valence-electron chi connectivity index (χ3n) is 5.45. The molecule has 1 saturated heterocycles. The highest BCUT2D eigenvalue weighted by atomic mass is 16.2. The van der Waals surface area contributed by atoms with Crippen LogP contribution in [0.1, 0.15) is 40.4 Å². The van der Waals surface area contributed by atoms with Gasteiger partial charge in [-0.25, -0.2) is 0 Å². The summed E-state index contributed by atoms with van der Waals surface area (Å²) in [6.07, 6.45) is 2.54. The number of hydrogen-bond acceptors (Lipinski definition) is 3. The lowest BCUT2D eigenvalue weighted by atomic mass is 10.0. The number of carbonyl (C=O) groups excluding carboxylic acids is 2. The van der Waals surface area contributed by atoms with Gasteiger partial charge in [0.25, 0.3) is 5.91 Å². The molecule has 0 bridgehead atoms. The lowest BCUT2D eigenvalue weighted by molar-refractivity contribution is -0.129. The molecule has 0 spiro atoms. The summed E-state index contributed by atoms with van der Waals surface area (Å²) >= 11 is 0. The van der Waals surface area contributed by atoms with Crippen LogP contribution in [0.2, 0.25) is 0 Å². The summed E-state index contributed by atoms with van der Waals surface area (Å²) in [6.45, 7) is 2.82. The van der Waals surface area contributed by atoms with E-state index in [0.717, 1.165) is 30.4 Å².